The maximum atomic E-state index is 13.6. The molecule has 3 aromatic carbocycles. The predicted molar refractivity (Wildman–Crippen MR) is 153 cm³/mol. The van der Waals surface area contributed by atoms with Gasteiger partial charge in [-0.05, 0) is 35.2 Å². The zero-order chi connectivity index (χ0) is 30.0. The van der Waals surface area contributed by atoms with Gasteiger partial charge < -0.3 is 21.3 Å². The first-order chi connectivity index (χ1) is 19.5. The molecule has 0 aliphatic rings. The maximum absolute atomic E-state index is 13.6. The molecule has 3 rings (SSSR count). The van der Waals surface area contributed by atoms with Crippen molar-refractivity contribution in [2.45, 2.75) is 30.7 Å². The number of carbonyl (C=O) groups excluding carboxylic acids is 2. The van der Waals surface area contributed by atoms with Gasteiger partial charge in [0.1, 0.15) is 18.6 Å². The highest BCUT2D eigenvalue weighted by atomic mass is 32.2. The minimum absolute atomic E-state index is 0.193. The SMILES string of the molecule is N[C@@H](CCC(=O)N[C@@H](CS(=O)(=O)Cc1ccccc1-c1ccccc1)C(=O)N(CC(=O)O)c1ccccc1)C(=O)O. The number of hydrogen-bond donors (Lipinski definition) is 4. The third-order valence-corrected chi connectivity index (χ3v) is 7.75. The number of rotatable bonds is 14. The molecule has 0 aliphatic heterocycles. The van der Waals surface area contributed by atoms with Crippen LogP contribution in [0.15, 0.2) is 84.9 Å². The van der Waals surface area contributed by atoms with E-state index in [2.05, 4.69) is 5.32 Å². The number of benzene rings is 3. The van der Waals surface area contributed by atoms with E-state index in [9.17, 15) is 32.7 Å². The van der Waals surface area contributed by atoms with Crippen LogP contribution < -0.4 is 16.0 Å². The number of amides is 2. The van der Waals surface area contributed by atoms with E-state index in [1.165, 1.54) is 12.1 Å². The molecule has 0 spiro atoms. The Morgan fingerprint density at radius 1 is 0.854 bits per heavy atom. The van der Waals surface area contributed by atoms with Crippen LogP contribution in [-0.4, -0.2) is 66.8 Å². The van der Waals surface area contributed by atoms with Crippen LogP contribution >= 0.6 is 0 Å². The first kappa shape index (κ1) is 31.0. The van der Waals surface area contributed by atoms with Crippen molar-refractivity contribution in [3.63, 3.8) is 0 Å². The first-order valence-corrected chi connectivity index (χ1v) is 14.5. The molecule has 0 aliphatic carbocycles. The molecule has 2 atom stereocenters. The van der Waals surface area contributed by atoms with Crippen LogP contribution in [-0.2, 0) is 34.8 Å². The number of hydrogen-bond acceptors (Lipinski definition) is 7. The fourth-order valence-electron chi connectivity index (χ4n) is 4.17. The number of carbonyl (C=O) groups is 4. The summed E-state index contributed by atoms with van der Waals surface area (Å²) < 4.78 is 27.0. The Bertz CT molecular complexity index is 1480. The molecule has 2 amide bonds. The van der Waals surface area contributed by atoms with E-state index < -0.39 is 70.1 Å². The molecule has 0 saturated carbocycles. The number of anilines is 1. The lowest BCUT2D eigenvalue weighted by Gasteiger charge is -2.27. The minimum Gasteiger partial charge on any atom is -0.480 e. The number of carboxylic acid groups (broad SMARTS) is 2. The van der Waals surface area contributed by atoms with Gasteiger partial charge in [0.15, 0.2) is 9.84 Å². The topological polar surface area (TPSA) is 184 Å². The molecule has 0 unspecified atom stereocenters. The summed E-state index contributed by atoms with van der Waals surface area (Å²) >= 11 is 0. The Morgan fingerprint density at radius 3 is 2.05 bits per heavy atom. The summed E-state index contributed by atoms with van der Waals surface area (Å²) in [4.78, 5) is 49.9. The van der Waals surface area contributed by atoms with Crippen LogP contribution in [0.2, 0.25) is 0 Å². The van der Waals surface area contributed by atoms with Crippen LogP contribution in [0.25, 0.3) is 11.1 Å². The summed E-state index contributed by atoms with van der Waals surface area (Å²) in [5.74, 6) is -5.70. The van der Waals surface area contributed by atoms with Crippen LogP contribution in [0.3, 0.4) is 0 Å². The summed E-state index contributed by atoms with van der Waals surface area (Å²) in [7, 11) is -4.07. The number of nitrogens with one attached hydrogen (secondary N) is 1. The monoisotopic (exact) mass is 581 g/mol. The van der Waals surface area contributed by atoms with E-state index in [0.29, 0.717) is 11.1 Å². The van der Waals surface area contributed by atoms with Crippen molar-refractivity contribution >= 4 is 39.3 Å². The fraction of sp³-hybridized carbons (Fsp3) is 0.241. The van der Waals surface area contributed by atoms with Gasteiger partial charge in [-0.2, -0.15) is 0 Å². The average molecular weight is 582 g/mol. The molecule has 3 aromatic rings. The number of carboxylic acids is 2. The summed E-state index contributed by atoms with van der Waals surface area (Å²) in [6.07, 6.45) is -0.644. The van der Waals surface area contributed by atoms with Gasteiger partial charge in [-0.25, -0.2) is 8.42 Å². The Morgan fingerprint density at radius 2 is 1.44 bits per heavy atom. The quantitative estimate of drug-likeness (QED) is 0.221. The minimum atomic E-state index is -4.07. The highest BCUT2D eigenvalue weighted by Gasteiger charge is 2.33. The van der Waals surface area contributed by atoms with Crippen molar-refractivity contribution in [2.75, 3.05) is 17.2 Å². The van der Waals surface area contributed by atoms with Gasteiger partial charge in [0.05, 0.1) is 11.5 Å². The molecule has 0 bridgehead atoms. The number of sulfone groups is 1. The normalized spacial score (nSPS) is 12.6. The van der Waals surface area contributed by atoms with Crippen LogP contribution in [0.1, 0.15) is 18.4 Å². The van der Waals surface area contributed by atoms with E-state index in [1.807, 2.05) is 30.3 Å². The number of para-hydroxylation sites is 1. The van der Waals surface area contributed by atoms with Gasteiger partial charge in [0.25, 0.3) is 5.91 Å². The van der Waals surface area contributed by atoms with Crippen LogP contribution in [0.4, 0.5) is 5.69 Å². The van der Waals surface area contributed by atoms with E-state index in [4.69, 9.17) is 10.8 Å². The summed E-state index contributed by atoms with van der Waals surface area (Å²) in [6, 6.07) is 20.8. The highest BCUT2D eigenvalue weighted by molar-refractivity contribution is 7.90. The smallest absolute Gasteiger partial charge is 0.323 e. The maximum Gasteiger partial charge on any atom is 0.323 e. The van der Waals surface area contributed by atoms with Gasteiger partial charge in [0, 0.05) is 12.1 Å². The van der Waals surface area contributed by atoms with Crippen molar-refractivity contribution in [3.05, 3.63) is 90.5 Å². The van der Waals surface area contributed by atoms with E-state index in [0.717, 1.165) is 10.5 Å². The average Bonchev–Trinajstić information content (AvgIpc) is 2.94. The van der Waals surface area contributed by atoms with Crippen LogP contribution in [0.5, 0.6) is 0 Å². The van der Waals surface area contributed by atoms with E-state index in [1.54, 1.807) is 42.5 Å². The molecule has 5 N–H and O–H groups in total. The van der Waals surface area contributed by atoms with Gasteiger partial charge in [-0.1, -0.05) is 72.8 Å². The van der Waals surface area contributed by atoms with Gasteiger partial charge in [-0.3, -0.25) is 24.1 Å². The van der Waals surface area contributed by atoms with Gasteiger partial charge >= 0.3 is 11.9 Å². The van der Waals surface area contributed by atoms with E-state index >= 15 is 0 Å². The summed E-state index contributed by atoms with van der Waals surface area (Å²) in [5.41, 5.74) is 7.62. The Balaban J connectivity index is 1.91. The molecule has 11 nitrogen and oxygen atoms in total. The number of aliphatic carboxylic acids is 2. The molecule has 0 fully saturated rings. The van der Waals surface area contributed by atoms with Gasteiger partial charge in [-0.15, -0.1) is 0 Å². The molecular weight excluding hydrogens is 550 g/mol. The lowest BCUT2D eigenvalue weighted by Crippen LogP contribution is -2.53. The second-order valence-corrected chi connectivity index (χ2v) is 11.4. The van der Waals surface area contributed by atoms with Gasteiger partial charge in [0.2, 0.25) is 5.91 Å². The Kier molecular flexibility index (Phi) is 10.7. The second-order valence-electron chi connectivity index (χ2n) is 9.33. The van der Waals surface area contributed by atoms with Crippen molar-refractivity contribution in [3.8, 4) is 11.1 Å². The molecule has 216 valence electrons. The van der Waals surface area contributed by atoms with Crippen molar-refractivity contribution in [2.24, 2.45) is 5.73 Å². The Hall–Kier alpha value is -4.55. The number of nitrogens with two attached hydrogens (primary N) is 1. The largest absolute Gasteiger partial charge is 0.480 e. The second kappa shape index (κ2) is 14.2. The summed E-state index contributed by atoms with van der Waals surface area (Å²) in [5, 5.41) is 20.8. The molecule has 41 heavy (non-hydrogen) atoms. The molecule has 0 aromatic heterocycles. The Labute approximate surface area is 237 Å². The zero-order valence-corrected chi connectivity index (χ0v) is 22.9. The lowest BCUT2D eigenvalue weighted by atomic mass is 10.0. The molecule has 12 heteroatoms. The third-order valence-electron chi connectivity index (χ3n) is 6.16. The predicted octanol–water partition coefficient (Wildman–Crippen LogP) is 2.06. The molecule has 0 saturated heterocycles. The highest BCUT2D eigenvalue weighted by Crippen LogP contribution is 2.25. The first-order valence-electron chi connectivity index (χ1n) is 12.7. The lowest BCUT2D eigenvalue weighted by molar-refractivity contribution is -0.139. The molecule has 0 heterocycles. The van der Waals surface area contributed by atoms with Crippen molar-refractivity contribution < 1.29 is 37.8 Å². The summed E-state index contributed by atoms with van der Waals surface area (Å²) in [6.45, 7) is -0.782. The molecule has 0 radical (unpaired) electrons. The third kappa shape index (κ3) is 9.26. The number of nitrogens with zero attached hydrogens (tertiary/aromatic N) is 1. The molecular formula is C29H31N3O8S. The van der Waals surface area contributed by atoms with Crippen molar-refractivity contribution in [1.82, 2.24) is 5.32 Å². The zero-order valence-electron chi connectivity index (χ0n) is 22.0. The van der Waals surface area contributed by atoms with Crippen LogP contribution in [0, 0.1) is 0 Å². The van der Waals surface area contributed by atoms with Crippen molar-refractivity contribution in [1.29, 1.82) is 0 Å². The fourth-order valence-corrected chi connectivity index (χ4v) is 5.75. The van der Waals surface area contributed by atoms with E-state index in [-0.39, 0.29) is 12.1 Å². The standard InChI is InChI=1S/C29H31N3O8S/c30-24(29(37)38)15-16-26(33)31-25(28(36)32(17-27(34)35)22-12-5-2-6-13-22)19-41(39,40)18-21-11-7-8-14-23(21)20-9-3-1-4-10-20/h1-14,24-25H,15-19,30H2,(H,31,33)(H,34,35)(H,37,38)/t24-,25-/m0/s1.